The van der Waals surface area contributed by atoms with Crippen LogP contribution in [-0.2, 0) is 0 Å². The van der Waals surface area contributed by atoms with Gasteiger partial charge in [-0.3, -0.25) is 0 Å². The summed E-state index contributed by atoms with van der Waals surface area (Å²) in [7, 11) is 0. The number of hydrogen-bond donors (Lipinski definition) is 0. The van der Waals surface area contributed by atoms with E-state index in [1.165, 1.54) is 11.3 Å². The average Bonchev–Trinajstić information content (AvgIpc) is 1.55. The lowest BCUT2D eigenvalue weighted by molar-refractivity contribution is 1.14. The molecule has 0 radical (unpaired) electrons. The van der Waals surface area contributed by atoms with Crippen molar-refractivity contribution in [2.45, 2.75) is 0 Å². The Bertz CT molecular complexity index is 5940. The van der Waals surface area contributed by atoms with Crippen LogP contribution >= 0.6 is 22.7 Å². The second-order valence-electron chi connectivity index (χ2n) is 18.1. The van der Waals surface area contributed by atoms with Crippen molar-refractivity contribution >= 4 is 134 Å². The van der Waals surface area contributed by atoms with Gasteiger partial charge in [-0.25, -0.2) is 4.85 Å². The second-order valence-corrected chi connectivity index (χ2v) is 20.1. The first-order valence-corrected chi connectivity index (χ1v) is 25.2. The molecule has 0 saturated carbocycles. The molecule has 0 unspecified atom stereocenters. The maximum absolute atomic E-state index is 12.5. The summed E-state index contributed by atoms with van der Waals surface area (Å²) in [6, 6.07) is 33.5. The number of hydrogen-bond acceptors (Lipinski definition) is 3. The Morgan fingerprint density at radius 3 is 1.72 bits per heavy atom. The van der Waals surface area contributed by atoms with Crippen LogP contribution < -0.4 is 0 Å². The molecule has 74 heavy (non-hydrogen) atoms. The molecule has 12 aromatic carbocycles. The lowest BCUT2D eigenvalue weighted by Gasteiger charge is -2.26. The summed E-state index contributed by atoms with van der Waals surface area (Å²) in [5.41, 5.74) is 1.57. The van der Waals surface area contributed by atoms with Gasteiger partial charge in [-0.15, -0.1) is 22.7 Å². The van der Waals surface area contributed by atoms with Crippen molar-refractivity contribution in [1.29, 1.82) is 5.26 Å². The van der Waals surface area contributed by atoms with Crippen molar-refractivity contribution in [3.63, 3.8) is 0 Å². The van der Waals surface area contributed by atoms with Crippen LogP contribution in [0.2, 0.25) is 0 Å². The Hall–Kier alpha value is -9.56. The van der Waals surface area contributed by atoms with Crippen molar-refractivity contribution in [3.8, 4) is 50.8 Å². The van der Waals surface area contributed by atoms with Crippen LogP contribution in [0.3, 0.4) is 0 Å². The molecule has 0 aliphatic heterocycles. The zero-order valence-corrected chi connectivity index (χ0v) is 39.9. The highest BCUT2D eigenvalue weighted by atomic mass is 32.1. The standard InChI is InChI=1S/C68H36N4S2/c1-70-62-57(40-21-7-3-8-22-40)52(38-69)63(58(41-23-9-4-10-24-41)65(62)71-53-31-17-29-46-42-25-11-12-26-43(42)47-30-18-32-54(71)61(47)60(46)53)72-64-49(36-35-48-44-27-13-15-33-55(44)73-67(48)64)59-50(39-19-5-2-6-20-39)37-51-45-28-14-16-34-56(45)74-68(51)66(59)72/h2-37H/i2D,5D,6D,14D,16D,17D,18D,19D,20D,28D,29D,30D,31D,32D,34D. The van der Waals surface area contributed by atoms with Gasteiger partial charge in [-0.2, -0.15) is 5.26 Å². The van der Waals surface area contributed by atoms with Crippen molar-refractivity contribution in [3.05, 3.63) is 235 Å². The SMILES string of the molecule is [2H]c1c([2H])c([2H])c(-c2cc3c(sc4c([2H])c([2H])c([2H])c([2H])c43)c3c2c2ccc4c5ccccc5sc4c2n3-c2c(C#N)c(-c3ccccc3)c([N+]#[C-])c(-n3c4c([2H])c([2H])c([2H])c5c6ccccc6c6c([2H])c([2H])c([2H])c3c6c54)c2-c2ccccc2)c([2H])c1[2H]. The molecule has 16 rings (SSSR count). The van der Waals surface area contributed by atoms with E-state index in [2.05, 4.69) is 10.9 Å². The van der Waals surface area contributed by atoms with Crippen LogP contribution in [0.4, 0.5) is 5.69 Å². The normalized spacial score (nSPS) is 14.9. The van der Waals surface area contributed by atoms with E-state index in [0.29, 0.717) is 47.6 Å². The van der Waals surface area contributed by atoms with E-state index in [9.17, 15) is 25.5 Å². The molecule has 0 aliphatic carbocycles. The third kappa shape index (κ3) is 5.43. The maximum Gasteiger partial charge on any atom is 0.220 e. The molecule has 0 amide bonds. The van der Waals surface area contributed by atoms with E-state index >= 15 is 0 Å². The Morgan fingerprint density at radius 1 is 0.446 bits per heavy atom. The van der Waals surface area contributed by atoms with Gasteiger partial charge in [0.05, 0.1) is 75.5 Å². The molecule has 0 N–H and O–H groups in total. The van der Waals surface area contributed by atoms with Crippen LogP contribution in [0.5, 0.6) is 0 Å². The zero-order chi connectivity index (χ0) is 61.8. The summed E-state index contributed by atoms with van der Waals surface area (Å²) in [5, 5.41) is 17.3. The highest BCUT2D eigenvalue weighted by Gasteiger charge is 2.34. The quantitative estimate of drug-likeness (QED) is 0.125. The Labute approximate surface area is 452 Å². The van der Waals surface area contributed by atoms with Gasteiger partial charge in [0, 0.05) is 63.6 Å². The summed E-state index contributed by atoms with van der Waals surface area (Å²) in [6.07, 6.45) is 0. The first-order valence-electron chi connectivity index (χ1n) is 31.0. The van der Waals surface area contributed by atoms with Gasteiger partial charge in [0.1, 0.15) is 6.07 Å². The van der Waals surface area contributed by atoms with Gasteiger partial charge in [0.15, 0.2) is 0 Å². The molecule has 0 atom stereocenters. The molecule has 0 aliphatic rings. The molecule has 4 aromatic heterocycles. The first-order chi connectivity index (χ1) is 42.9. The smallest absolute Gasteiger partial charge is 0.220 e. The monoisotopic (exact) mass is 987 g/mol. The summed E-state index contributed by atoms with van der Waals surface area (Å²) in [5.74, 6) is 0. The van der Waals surface area contributed by atoms with Crippen LogP contribution in [0.1, 0.15) is 26.1 Å². The molecule has 0 spiro atoms. The summed E-state index contributed by atoms with van der Waals surface area (Å²) in [4.78, 5) is 4.40. The first kappa shape index (κ1) is 29.1. The molecule has 340 valence electrons. The molecular weight excluding hydrogens is 937 g/mol. The van der Waals surface area contributed by atoms with Gasteiger partial charge in [-0.1, -0.05) is 188 Å². The summed E-state index contributed by atoms with van der Waals surface area (Å²) in [6.45, 7) is 9.55. The lowest BCUT2D eigenvalue weighted by atomic mass is 9.88. The summed E-state index contributed by atoms with van der Waals surface area (Å²) >= 11 is 2.51. The predicted molar refractivity (Wildman–Crippen MR) is 314 cm³/mol. The number of thiophene rings is 2. The largest absolute Gasteiger partial charge is 0.318 e. The fourth-order valence-corrected chi connectivity index (χ4v) is 14.0. The van der Waals surface area contributed by atoms with Gasteiger partial charge in [0.25, 0.3) is 0 Å². The van der Waals surface area contributed by atoms with Gasteiger partial charge < -0.3 is 9.13 Å². The van der Waals surface area contributed by atoms with Crippen LogP contribution in [-0.4, -0.2) is 9.13 Å². The third-order valence-electron chi connectivity index (χ3n) is 14.5. The lowest BCUT2D eigenvalue weighted by Crippen LogP contribution is -2.09. The predicted octanol–water partition coefficient (Wildman–Crippen LogP) is 19.8. The molecular formula is C68H36N4S2. The molecule has 4 nitrogen and oxygen atoms in total. The van der Waals surface area contributed by atoms with Gasteiger partial charge in [-0.05, 0) is 74.1 Å². The molecule has 16 aromatic rings. The molecule has 0 fully saturated rings. The van der Waals surface area contributed by atoms with E-state index in [-0.39, 0.29) is 123 Å². The van der Waals surface area contributed by atoms with E-state index in [0.717, 1.165) is 26.8 Å². The topological polar surface area (TPSA) is 38.0 Å². The molecule has 4 heterocycles. The Morgan fingerprint density at radius 2 is 1.03 bits per heavy atom. The van der Waals surface area contributed by atoms with Crippen LogP contribution in [0.15, 0.2) is 218 Å². The molecule has 0 bridgehead atoms. The highest BCUT2D eigenvalue weighted by molar-refractivity contribution is 7.27. The maximum atomic E-state index is 12.5. The minimum absolute atomic E-state index is 0.00478. The van der Waals surface area contributed by atoms with E-state index in [1.54, 1.807) is 95.6 Å². The highest BCUT2D eigenvalue weighted by Crippen LogP contribution is 2.56. The Balaban J connectivity index is 1.28. The van der Waals surface area contributed by atoms with Gasteiger partial charge >= 0.3 is 0 Å². The van der Waals surface area contributed by atoms with Crippen LogP contribution in [0.25, 0.3) is 155 Å². The van der Waals surface area contributed by atoms with Crippen molar-refractivity contribution in [1.82, 2.24) is 9.13 Å². The minimum atomic E-state index is -0.638. The third-order valence-corrected chi connectivity index (χ3v) is 16.8. The zero-order valence-electron chi connectivity index (χ0n) is 53.2. The number of benzene rings is 12. The molecule has 6 heteroatoms. The van der Waals surface area contributed by atoms with Crippen molar-refractivity contribution in [2.75, 3.05) is 0 Å². The van der Waals surface area contributed by atoms with Crippen molar-refractivity contribution < 1.29 is 20.6 Å². The number of aromatic nitrogens is 2. The van der Waals surface area contributed by atoms with Crippen LogP contribution in [0, 0.1) is 17.9 Å². The molecule has 0 saturated heterocycles. The summed E-state index contributed by atoms with van der Waals surface area (Å²) < 4.78 is 147. The number of fused-ring (bicyclic) bond motifs is 14. The minimum Gasteiger partial charge on any atom is -0.318 e. The van der Waals surface area contributed by atoms with E-state index < -0.39 is 66.5 Å². The van der Waals surface area contributed by atoms with Crippen molar-refractivity contribution in [2.24, 2.45) is 0 Å². The van der Waals surface area contributed by atoms with E-state index in [1.807, 2.05) is 41.0 Å². The van der Waals surface area contributed by atoms with Gasteiger partial charge in [0.2, 0.25) is 5.69 Å². The fraction of sp³-hybridized carbons (Fsp3) is 0. The fourth-order valence-electron chi connectivity index (χ4n) is 11.6. The van der Waals surface area contributed by atoms with E-state index in [4.69, 9.17) is 6.85 Å². The second kappa shape index (κ2) is 15.5. The Kier molecular flexibility index (Phi) is 6.08. The average molecular weight is 988 g/mol. The number of nitrogens with zero attached hydrogens (tertiary/aromatic N) is 4. The number of nitriles is 1. The number of rotatable bonds is 5.